The number of aryl methyl sites for hydroxylation is 1. The molecule has 4 saturated heterocycles. The number of halogens is 6. The number of alkyl halides is 5. The molecule has 4 aliphatic heterocycles. The highest BCUT2D eigenvalue weighted by Crippen LogP contribution is 2.69. The van der Waals surface area contributed by atoms with Crippen LogP contribution < -0.4 is 20.7 Å². The first-order chi connectivity index (χ1) is 22.2. The van der Waals surface area contributed by atoms with Gasteiger partial charge in [-0.05, 0) is 63.3 Å². The van der Waals surface area contributed by atoms with Gasteiger partial charge < -0.3 is 20.7 Å². The molecule has 3 aromatic rings. The molecule has 0 amide bonds. The van der Waals surface area contributed by atoms with Crippen LogP contribution in [-0.2, 0) is 6.18 Å². The van der Waals surface area contributed by atoms with Gasteiger partial charge in [-0.3, -0.25) is 4.90 Å². The summed E-state index contributed by atoms with van der Waals surface area (Å²) in [6.45, 7) is 3.18. The topological polar surface area (TPSA) is 116 Å². The summed E-state index contributed by atoms with van der Waals surface area (Å²) in [6.07, 6.45) is -1.49. The molecule has 1 aromatic carbocycles. The van der Waals surface area contributed by atoms with Crippen LogP contribution in [0.3, 0.4) is 0 Å². The normalized spacial score (nSPS) is 29.4. The average molecular weight is 659 g/mol. The van der Waals surface area contributed by atoms with Gasteiger partial charge in [0.25, 0.3) is 5.92 Å². The number of anilines is 2. The van der Waals surface area contributed by atoms with Gasteiger partial charge in [0, 0.05) is 43.5 Å². The highest BCUT2D eigenvalue weighted by atomic mass is 19.4. The summed E-state index contributed by atoms with van der Waals surface area (Å²) >= 11 is 0. The van der Waals surface area contributed by atoms with Crippen LogP contribution >= 0.6 is 0 Å². The summed E-state index contributed by atoms with van der Waals surface area (Å²) in [6, 6.07) is 4.27. The van der Waals surface area contributed by atoms with Crippen LogP contribution in [-0.4, -0.2) is 76.2 Å². The fraction of sp³-hybridized carbons (Fsp3) is 0.562. The number of hydrogen-bond acceptors (Lipinski definition) is 9. The Bertz CT molecular complexity index is 1850. The van der Waals surface area contributed by atoms with Gasteiger partial charge in [-0.15, -0.1) is 0 Å². The summed E-state index contributed by atoms with van der Waals surface area (Å²) in [5, 5.41) is 13.8. The number of ether oxygens (including phenoxy) is 1. The number of piperazine rings is 1. The van der Waals surface area contributed by atoms with Crippen molar-refractivity contribution in [3.8, 4) is 23.3 Å². The van der Waals surface area contributed by atoms with Crippen LogP contribution in [0.4, 0.5) is 38.0 Å². The quantitative estimate of drug-likeness (QED) is 0.357. The van der Waals surface area contributed by atoms with E-state index >= 15 is 4.39 Å². The number of nitriles is 1. The summed E-state index contributed by atoms with van der Waals surface area (Å²) in [4.78, 5) is 16.9. The minimum atomic E-state index is -4.93. The molecular formula is C32H32F6N8O. The molecule has 3 N–H and O–H groups in total. The summed E-state index contributed by atoms with van der Waals surface area (Å²) < 4.78 is 94.8. The lowest BCUT2D eigenvalue weighted by Gasteiger charge is -2.35. The van der Waals surface area contributed by atoms with Crippen molar-refractivity contribution in [3.63, 3.8) is 0 Å². The van der Waals surface area contributed by atoms with E-state index in [1.54, 1.807) is 0 Å². The third kappa shape index (κ3) is 4.69. The van der Waals surface area contributed by atoms with Crippen molar-refractivity contribution in [1.29, 1.82) is 5.26 Å². The van der Waals surface area contributed by atoms with Gasteiger partial charge in [-0.25, -0.2) is 18.2 Å². The third-order valence-corrected chi connectivity index (χ3v) is 10.9. The molecule has 2 bridgehead atoms. The second-order valence-electron chi connectivity index (χ2n) is 14.0. The maximum Gasteiger partial charge on any atom is 0.418 e. The molecular weight excluding hydrogens is 626 g/mol. The van der Waals surface area contributed by atoms with E-state index in [1.807, 2.05) is 15.9 Å². The number of fused-ring (bicyclic) bond motifs is 4. The van der Waals surface area contributed by atoms with E-state index in [0.29, 0.717) is 26.1 Å². The smallest absolute Gasteiger partial charge is 0.418 e. The van der Waals surface area contributed by atoms with E-state index in [1.165, 1.54) is 13.0 Å². The lowest BCUT2D eigenvalue weighted by atomic mass is 9.89. The van der Waals surface area contributed by atoms with Crippen molar-refractivity contribution < 1.29 is 31.1 Å². The maximum atomic E-state index is 16.8. The van der Waals surface area contributed by atoms with Crippen LogP contribution in [0.25, 0.3) is 22.2 Å². The van der Waals surface area contributed by atoms with Gasteiger partial charge in [0.15, 0.2) is 5.82 Å². The first kappa shape index (κ1) is 30.4. The molecule has 4 atom stereocenters. The number of pyridine rings is 1. The van der Waals surface area contributed by atoms with Gasteiger partial charge in [0.1, 0.15) is 23.8 Å². The van der Waals surface area contributed by atoms with Gasteiger partial charge in [0.05, 0.1) is 39.4 Å². The number of nitrogens with zero attached hydrogens (tertiary/aromatic N) is 6. The third-order valence-electron chi connectivity index (χ3n) is 10.9. The second-order valence-corrected chi connectivity index (χ2v) is 14.0. The first-order valence-corrected chi connectivity index (χ1v) is 15.8. The largest absolute Gasteiger partial charge is 0.461 e. The minimum Gasteiger partial charge on any atom is -0.461 e. The predicted octanol–water partition coefficient (Wildman–Crippen LogP) is 5.20. The number of nitrogen functional groups attached to an aromatic ring is 1. The Morgan fingerprint density at radius 1 is 1.13 bits per heavy atom. The fourth-order valence-electron chi connectivity index (χ4n) is 8.67. The standard InChI is InChI=1S/C32H32F6N8O/c1-16-7-21(40)42-26(23(16)32(36,37)38)22-17(9-39)8-20-25(24(22)33)43-28(44-27(20)45-10-18-3-4-19(11-45)41-18)47-15-30-5-2-6-46(30)14-29(12-30)13-31(29,34)35/h7-8,18-19,41H,2-6,10-15H2,1H3,(H2,40,42)/t18-,19+,29-,30-/m0/s1. The zero-order valence-electron chi connectivity index (χ0n) is 25.5. The Morgan fingerprint density at radius 2 is 1.85 bits per heavy atom. The van der Waals surface area contributed by atoms with E-state index < -0.39 is 45.7 Å². The Labute approximate surface area is 266 Å². The van der Waals surface area contributed by atoms with Crippen molar-refractivity contribution in [3.05, 3.63) is 34.6 Å². The molecule has 47 heavy (non-hydrogen) atoms. The number of nitrogens with one attached hydrogen (secondary N) is 1. The number of nitrogens with two attached hydrogens (primary N) is 1. The van der Waals surface area contributed by atoms with Crippen molar-refractivity contribution in [1.82, 2.24) is 25.2 Å². The van der Waals surface area contributed by atoms with E-state index in [4.69, 9.17) is 10.5 Å². The Hall–Kier alpha value is -3.90. The molecule has 1 saturated carbocycles. The summed E-state index contributed by atoms with van der Waals surface area (Å²) in [5.41, 5.74) is 0.431. The molecule has 6 heterocycles. The van der Waals surface area contributed by atoms with Gasteiger partial charge in [-0.1, -0.05) is 0 Å². The Kier molecular flexibility index (Phi) is 6.51. The highest BCUT2D eigenvalue weighted by Gasteiger charge is 2.77. The van der Waals surface area contributed by atoms with Crippen LogP contribution in [0.2, 0.25) is 0 Å². The fourth-order valence-corrected chi connectivity index (χ4v) is 8.67. The first-order valence-electron chi connectivity index (χ1n) is 15.8. The van der Waals surface area contributed by atoms with Crippen molar-refractivity contribution in [2.24, 2.45) is 5.41 Å². The highest BCUT2D eigenvalue weighted by molar-refractivity contribution is 5.96. The molecule has 2 aromatic heterocycles. The van der Waals surface area contributed by atoms with Crippen LogP contribution in [0.15, 0.2) is 12.1 Å². The lowest BCUT2D eigenvalue weighted by molar-refractivity contribution is -0.137. The molecule has 9 nitrogen and oxygen atoms in total. The average Bonchev–Trinajstić information content (AvgIpc) is 3.32. The second kappa shape index (κ2) is 10.1. The van der Waals surface area contributed by atoms with Crippen LogP contribution in [0, 0.1) is 29.5 Å². The van der Waals surface area contributed by atoms with Crippen molar-refractivity contribution in [2.45, 2.75) is 75.2 Å². The Morgan fingerprint density at radius 3 is 2.51 bits per heavy atom. The van der Waals surface area contributed by atoms with E-state index in [0.717, 1.165) is 25.3 Å². The molecule has 1 aliphatic carbocycles. The monoisotopic (exact) mass is 658 g/mol. The van der Waals surface area contributed by atoms with E-state index in [9.17, 15) is 27.2 Å². The summed E-state index contributed by atoms with van der Waals surface area (Å²) in [5.74, 6) is -3.89. The maximum absolute atomic E-state index is 16.8. The molecule has 5 aliphatic rings. The number of aromatic nitrogens is 3. The van der Waals surface area contributed by atoms with Crippen molar-refractivity contribution in [2.75, 3.05) is 43.4 Å². The predicted molar refractivity (Wildman–Crippen MR) is 159 cm³/mol. The SMILES string of the molecule is Cc1cc(N)nc(-c2c(C#N)cc3c(N4C[C@H]5CC[C@@H](C4)N5)nc(OC[C@@]45CCCN4C[C@@]4(CC4(F)F)C5)nc3c2F)c1C(F)(F)F. The molecule has 5 fully saturated rings. The number of benzene rings is 1. The molecule has 0 radical (unpaired) electrons. The zero-order chi connectivity index (χ0) is 33.1. The van der Waals surface area contributed by atoms with Gasteiger partial charge in [0.2, 0.25) is 0 Å². The Balaban J connectivity index is 1.27. The van der Waals surface area contributed by atoms with E-state index in [2.05, 4.69) is 20.3 Å². The molecule has 8 rings (SSSR count). The van der Waals surface area contributed by atoms with Gasteiger partial charge >= 0.3 is 12.2 Å². The molecule has 0 unspecified atom stereocenters. The van der Waals surface area contributed by atoms with Crippen LogP contribution in [0.1, 0.15) is 55.2 Å². The zero-order valence-corrected chi connectivity index (χ0v) is 25.5. The number of rotatable bonds is 5. The number of hydrogen-bond donors (Lipinski definition) is 2. The van der Waals surface area contributed by atoms with Gasteiger partial charge in [-0.2, -0.15) is 28.4 Å². The van der Waals surface area contributed by atoms with Crippen LogP contribution in [0.5, 0.6) is 6.01 Å². The molecule has 248 valence electrons. The lowest BCUT2D eigenvalue weighted by Crippen LogP contribution is -2.51. The molecule has 15 heteroatoms. The summed E-state index contributed by atoms with van der Waals surface area (Å²) in [7, 11) is 0. The van der Waals surface area contributed by atoms with Crippen molar-refractivity contribution >= 4 is 22.5 Å². The van der Waals surface area contributed by atoms with E-state index in [-0.39, 0.29) is 77.8 Å². The minimum absolute atomic E-state index is 0.00152. The molecule has 1 spiro atoms.